The van der Waals surface area contributed by atoms with Crippen LogP contribution in [0.3, 0.4) is 0 Å². The average Bonchev–Trinajstić information content (AvgIpc) is 2.71. The monoisotopic (exact) mass is 285 g/mol. The molecule has 0 radical (unpaired) electrons. The largest absolute Gasteiger partial charge is 0.362 e. The van der Waals surface area contributed by atoms with E-state index in [4.69, 9.17) is 11.6 Å². The van der Waals surface area contributed by atoms with Crippen LogP contribution in [0.25, 0.3) is 0 Å². The van der Waals surface area contributed by atoms with Crippen LogP contribution in [0.2, 0.25) is 5.28 Å². The molecule has 19 heavy (non-hydrogen) atoms. The number of nitrogens with one attached hydrogen (secondary N) is 2. The van der Waals surface area contributed by atoms with Crippen molar-refractivity contribution in [2.24, 2.45) is 0 Å². The van der Waals surface area contributed by atoms with Gasteiger partial charge in [0, 0.05) is 19.0 Å². The third kappa shape index (κ3) is 3.08. The zero-order valence-electron chi connectivity index (χ0n) is 10.1. The Hall–Kier alpha value is -1.96. The number of halogens is 1. The van der Waals surface area contributed by atoms with Crippen LogP contribution in [0.1, 0.15) is 18.5 Å². The number of nitrogens with zero attached hydrogens (tertiary/aromatic N) is 3. The minimum atomic E-state index is -0.554. The van der Waals surface area contributed by atoms with Gasteiger partial charge in [0.1, 0.15) is 5.69 Å². The molecular weight excluding hydrogens is 274 g/mol. The Morgan fingerprint density at radius 2 is 2.32 bits per heavy atom. The first-order valence-corrected chi connectivity index (χ1v) is 6.07. The summed E-state index contributed by atoms with van der Waals surface area (Å²) in [5.74, 6) is 0.0573. The van der Waals surface area contributed by atoms with E-state index < -0.39 is 4.92 Å². The highest BCUT2D eigenvalue weighted by Crippen LogP contribution is 2.26. The molecule has 0 bridgehead atoms. The Kier molecular flexibility index (Phi) is 3.79. The van der Waals surface area contributed by atoms with E-state index in [-0.39, 0.29) is 34.4 Å². The Bertz CT molecular complexity index is 536. The molecule has 1 aromatic rings. The van der Waals surface area contributed by atoms with Crippen LogP contribution in [-0.2, 0) is 4.79 Å². The van der Waals surface area contributed by atoms with Gasteiger partial charge in [-0.1, -0.05) is 0 Å². The molecule has 1 fully saturated rings. The second-order valence-corrected chi connectivity index (χ2v) is 4.55. The van der Waals surface area contributed by atoms with Gasteiger partial charge in [0.2, 0.25) is 17.0 Å². The van der Waals surface area contributed by atoms with Crippen LogP contribution in [0.15, 0.2) is 0 Å². The SMILES string of the molecule is Cc1nc(Cl)nc(NCC2CCC(=O)N2)c1[N+](=O)[O-]. The number of hydrogen-bond donors (Lipinski definition) is 2. The molecule has 9 heteroatoms. The van der Waals surface area contributed by atoms with Crippen molar-refractivity contribution in [2.45, 2.75) is 25.8 Å². The first-order chi connectivity index (χ1) is 8.97. The van der Waals surface area contributed by atoms with Crippen LogP contribution >= 0.6 is 11.6 Å². The maximum absolute atomic E-state index is 11.1. The average molecular weight is 286 g/mol. The first kappa shape index (κ1) is 13.5. The maximum atomic E-state index is 11.1. The van der Waals surface area contributed by atoms with Crippen LogP contribution < -0.4 is 10.6 Å². The molecule has 0 aliphatic carbocycles. The summed E-state index contributed by atoms with van der Waals surface area (Å²) in [6.07, 6.45) is 1.16. The second-order valence-electron chi connectivity index (χ2n) is 4.22. The summed E-state index contributed by atoms with van der Waals surface area (Å²) in [6, 6.07) is -0.0545. The Morgan fingerprint density at radius 1 is 1.58 bits per heavy atom. The smallest absolute Gasteiger partial charge is 0.332 e. The molecule has 1 atom stereocenters. The van der Waals surface area contributed by atoms with Gasteiger partial charge in [0.15, 0.2) is 0 Å². The Labute approximate surface area is 113 Å². The van der Waals surface area contributed by atoms with E-state index in [9.17, 15) is 14.9 Å². The second kappa shape index (κ2) is 5.35. The van der Waals surface area contributed by atoms with Crippen molar-refractivity contribution in [3.8, 4) is 0 Å². The zero-order chi connectivity index (χ0) is 14.0. The highest BCUT2D eigenvalue weighted by atomic mass is 35.5. The van der Waals surface area contributed by atoms with Crippen molar-refractivity contribution in [1.29, 1.82) is 0 Å². The van der Waals surface area contributed by atoms with Gasteiger partial charge < -0.3 is 10.6 Å². The molecule has 2 rings (SSSR count). The molecule has 1 saturated heterocycles. The molecule has 1 amide bonds. The molecule has 8 nitrogen and oxygen atoms in total. The van der Waals surface area contributed by atoms with Crippen LogP contribution in [-0.4, -0.2) is 33.4 Å². The number of nitro groups is 1. The zero-order valence-corrected chi connectivity index (χ0v) is 10.9. The molecule has 0 spiro atoms. The molecule has 1 aliphatic rings. The van der Waals surface area contributed by atoms with Gasteiger partial charge >= 0.3 is 5.69 Å². The first-order valence-electron chi connectivity index (χ1n) is 5.69. The maximum Gasteiger partial charge on any atom is 0.332 e. The highest BCUT2D eigenvalue weighted by molar-refractivity contribution is 6.28. The summed E-state index contributed by atoms with van der Waals surface area (Å²) in [6.45, 7) is 1.85. The van der Waals surface area contributed by atoms with Gasteiger partial charge in [-0.3, -0.25) is 14.9 Å². The lowest BCUT2D eigenvalue weighted by Crippen LogP contribution is -2.32. The number of rotatable bonds is 4. The minimum Gasteiger partial charge on any atom is -0.362 e. The van der Waals surface area contributed by atoms with Crippen molar-refractivity contribution in [3.05, 3.63) is 21.1 Å². The summed E-state index contributed by atoms with van der Waals surface area (Å²) in [4.78, 5) is 29.0. The Balaban J connectivity index is 2.15. The highest BCUT2D eigenvalue weighted by Gasteiger charge is 2.24. The van der Waals surface area contributed by atoms with Crippen LogP contribution in [0.5, 0.6) is 0 Å². The number of aryl methyl sites for hydroxylation is 1. The quantitative estimate of drug-likeness (QED) is 0.486. The predicted octanol–water partition coefficient (Wildman–Crippen LogP) is 1.04. The van der Waals surface area contributed by atoms with E-state index in [1.165, 1.54) is 6.92 Å². The summed E-state index contributed by atoms with van der Waals surface area (Å²) in [7, 11) is 0. The fourth-order valence-electron chi connectivity index (χ4n) is 1.93. The molecule has 2 N–H and O–H groups in total. The minimum absolute atomic E-state index is 0.0156. The molecule has 1 aromatic heterocycles. The van der Waals surface area contributed by atoms with Crippen molar-refractivity contribution < 1.29 is 9.72 Å². The third-order valence-corrected chi connectivity index (χ3v) is 2.98. The molecule has 2 heterocycles. The third-order valence-electron chi connectivity index (χ3n) is 2.81. The molecule has 1 unspecified atom stereocenters. The van der Waals surface area contributed by atoms with Crippen molar-refractivity contribution >= 4 is 29.0 Å². The number of carbonyl (C=O) groups excluding carboxylic acids is 1. The lowest BCUT2D eigenvalue weighted by Gasteiger charge is -2.12. The standard InChI is InChI=1S/C10H12ClN5O3/c1-5-8(16(18)19)9(15-10(11)13-5)12-4-6-2-3-7(17)14-6/h6H,2-4H2,1H3,(H,14,17)(H,12,13,15). The summed E-state index contributed by atoms with van der Waals surface area (Å²) < 4.78 is 0. The molecule has 0 saturated carbocycles. The van der Waals surface area contributed by atoms with Gasteiger partial charge in [-0.15, -0.1) is 0 Å². The molecule has 102 valence electrons. The van der Waals surface area contributed by atoms with E-state index >= 15 is 0 Å². The number of aromatic nitrogens is 2. The number of anilines is 1. The van der Waals surface area contributed by atoms with Crippen molar-refractivity contribution in [1.82, 2.24) is 15.3 Å². The van der Waals surface area contributed by atoms with Gasteiger partial charge in [-0.2, -0.15) is 4.98 Å². The molecule has 1 aliphatic heterocycles. The van der Waals surface area contributed by atoms with Crippen molar-refractivity contribution in [3.63, 3.8) is 0 Å². The van der Waals surface area contributed by atoms with E-state index in [2.05, 4.69) is 20.6 Å². The fraction of sp³-hybridized carbons (Fsp3) is 0.500. The van der Waals surface area contributed by atoms with Crippen LogP contribution in [0.4, 0.5) is 11.5 Å². The van der Waals surface area contributed by atoms with E-state index in [1.54, 1.807) is 0 Å². The lowest BCUT2D eigenvalue weighted by molar-refractivity contribution is -0.385. The normalized spacial score (nSPS) is 18.2. The van der Waals surface area contributed by atoms with E-state index in [0.29, 0.717) is 19.4 Å². The van der Waals surface area contributed by atoms with Crippen molar-refractivity contribution in [2.75, 3.05) is 11.9 Å². The number of amides is 1. The number of carbonyl (C=O) groups is 1. The van der Waals surface area contributed by atoms with Gasteiger partial charge in [-0.05, 0) is 24.9 Å². The van der Waals surface area contributed by atoms with Gasteiger partial charge in [0.25, 0.3) is 0 Å². The van der Waals surface area contributed by atoms with E-state index in [0.717, 1.165) is 0 Å². The van der Waals surface area contributed by atoms with Gasteiger partial charge in [-0.25, -0.2) is 4.98 Å². The summed E-state index contributed by atoms with van der Waals surface area (Å²) in [5.41, 5.74) is -0.00307. The fourth-order valence-corrected chi connectivity index (χ4v) is 2.14. The molecule has 0 aromatic carbocycles. The summed E-state index contributed by atoms with van der Waals surface area (Å²) >= 11 is 5.69. The topological polar surface area (TPSA) is 110 Å². The predicted molar refractivity (Wildman–Crippen MR) is 68.1 cm³/mol. The van der Waals surface area contributed by atoms with Gasteiger partial charge in [0.05, 0.1) is 4.92 Å². The van der Waals surface area contributed by atoms with E-state index in [1.807, 2.05) is 0 Å². The Morgan fingerprint density at radius 3 is 2.89 bits per heavy atom. The lowest BCUT2D eigenvalue weighted by atomic mass is 10.2. The summed E-state index contributed by atoms with van der Waals surface area (Å²) in [5, 5.41) is 16.5. The van der Waals surface area contributed by atoms with Crippen LogP contribution in [0, 0.1) is 17.0 Å². The number of hydrogen-bond acceptors (Lipinski definition) is 6. The molecular formula is C10H12ClN5O3.